The van der Waals surface area contributed by atoms with Crippen molar-refractivity contribution in [1.29, 1.82) is 0 Å². The molecule has 0 aliphatic carbocycles. The van der Waals surface area contributed by atoms with Crippen LogP contribution in [-0.4, -0.2) is 34.5 Å². The van der Waals surface area contributed by atoms with Gasteiger partial charge in [0, 0.05) is 17.3 Å². The zero-order valence-corrected chi connectivity index (χ0v) is 17.3. The molecule has 1 aromatic carbocycles. The maximum absolute atomic E-state index is 13.0. The van der Waals surface area contributed by atoms with Gasteiger partial charge in [0.05, 0.1) is 22.7 Å². The maximum atomic E-state index is 13.0. The van der Waals surface area contributed by atoms with E-state index in [0.29, 0.717) is 33.9 Å². The lowest BCUT2D eigenvalue weighted by Crippen LogP contribution is -2.22. The van der Waals surface area contributed by atoms with Crippen molar-refractivity contribution in [1.82, 2.24) is 15.0 Å². The summed E-state index contributed by atoms with van der Waals surface area (Å²) in [5.41, 5.74) is 2.38. The first kappa shape index (κ1) is 20.5. The Hall–Kier alpha value is -3.73. The normalized spacial score (nSPS) is 11.7. The molecule has 3 heterocycles. The van der Waals surface area contributed by atoms with E-state index in [9.17, 15) is 17.6 Å². The summed E-state index contributed by atoms with van der Waals surface area (Å²) in [7, 11) is -3.50. The first-order valence-electron chi connectivity index (χ1n) is 9.26. The van der Waals surface area contributed by atoms with E-state index in [-0.39, 0.29) is 5.76 Å². The smallest absolute Gasteiger partial charge is 0.291 e. The molecule has 0 spiro atoms. The highest BCUT2D eigenvalue weighted by molar-refractivity contribution is 7.93. The average molecular weight is 443 g/mol. The van der Waals surface area contributed by atoms with Gasteiger partial charge in [0.25, 0.3) is 11.9 Å². The number of aromatic amines is 1. The molecule has 0 aliphatic rings. The first-order valence-corrected chi connectivity index (χ1v) is 10.8. The number of amides is 1. The van der Waals surface area contributed by atoms with Crippen LogP contribution in [0.2, 0.25) is 0 Å². The number of benzene rings is 1. The fourth-order valence-corrected chi connectivity index (χ4v) is 3.42. The highest BCUT2D eigenvalue weighted by atomic mass is 32.2. The number of carbonyl (C=O) groups is 1. The number of H-pyrrole nitrogens is 1. The lowest BCUT2D eigenvalue weighted by Gasteiger charge is -2.09. The predicted octanol–water partition coefficient (Wildman–Crippen LogP) is 3.76. The molecule has 31 heavy (non-hydrogen) atoms. The second kappa shape index (κ2) is 7.84. The van der Waals surface area contributed by atoms with Crippen LogP contribution in [0.25, 0.3) is 22.6 Å². The number of hydrogen-bond donors (Lipinski definition) is 3. The molecule has 0 bridgehead atoms. The number of sulfonamides is 1. The summed E-state index contributed by atoms with van der Waals surface area (Å²) in [6.07, 6.45) is 1.39. The Morgan fingerprint density at radius 3 is 2.68 bits per heavy atom. The van der Waals surface area contributed by atoms with Crippen LogP contribution in [0, 0.1) is 6.01 Å². The maximum Gasteiger partial charge on any atom is 0.291 e. The fraction of sp³-hybridized carbons (Fsp3) is 0.150. The van der Waals surface area contributed by atoms with E-state index in [0.717, 1.165) is 6.07 Å². The lowest BCUT2D eigenvalue weighted by atomic mass is 10.2. The largest absolute Gasteiger partial charge is 0.426 e. The van der Waals surface area contributed by atoms with E-state index in [4.69, 9.17) is 0 Å². The molecular formula is C20H18FN5O4S. The second-order valence-corrected chi connectivity index (χ2v) is 9.25. The van der Waals surface area contributed by atoms with Gasteiger partial charge in [-0.1, -0.05) is 12.1 Å². The van der Waals surface area contributed by atoms with Crippen molar-refractivity contribution in [3.8, 4) is 11.4 Å². The molecule has 0 saturated carbocycles. The number of halogens is 1. The summed E-state index contributed by atoms with van der Waals surface area (Å²) >= 11 is 0. The van der Waals surface area contributed by atoms with Gasteiger partial charge < -0.3 is 14.7 Å². The second-order valence-electron chi connectivity index (χ2n) is 7.02. The quantitative estimate of drug-likeness (QED) is 0.416. The van der Waals surface area contributed by atoms with E-state index in [1.165, 1.54) is 12.3 Å². The van der Waals surface area contributed by atoms with Gasteiger partial charge in [-0.3, -0.25) is 9.52 Å². The highest BCUT2D eigenvalue weighted by Gasteiger charge is 2.17. The van der Waals surface area contributed by atoms with Crippen molar-refractivity contribution in [2.75, 3.05) is 10.0 Å². The number of imidazole rings is 1. The van der Waals surface area contributed by atoms with E-state index in [1.807, 2.05) is 0 Å². The lowest BCUT2D eigenvalue weighted by molar-refractivity contribution is 0.0988. The van der Waals surface area contributed by atoms with Crippen molar-refractivity contribution in [2.45, 2.75) is 19.1 Å². The molecule has 4 aromatic rings. The molecule has 11 heteroatoms. The minimum atomic E-state index is -3.50. The van der Waals surface area contributed by atoms with Crippen molar-refractivity contribution in [3.63, 3.8) is 0 Å². The Kier molecular flexibility index (Phi) is 5.19. The van der Waals surface area contributed by atoms with Gasteiger partial charge >= 0.3 is 0 Å². The number of nitrogens with zero attached hydrogens (tertiary/aromatic N) is 2. The zero-order chi connectivity index (χ0) is 22.2. The molecular weight excluding hydrogens is 425 g/mol. The number of carbonyl (C=O) groups excluding carboxylic acids is 1. The van der Waals surface area contributed by atoms with Gasteiger partial charge in [-0.2, -0.15) is 4.39 Å². The minimum Gasteiger partial charge on any atom is -0.426 e. The number of nitrogens with one attached hydrogen (secondary N) is 3. The van der Waals surface area contributed by atoms with E-state index in [1.54, 1.807) is 44.2 Å². The van der Waals surface area contributed by atoms with Crippen LogP contribution in [-0.2, 0) is 10.0 Å². The third-order valence-electron chi connectivity index (χ3n) is 4.41. The van der Waals surface area contributed by atoms with Crippen LogP contribution in [0.5, 0.6) is 0 Å². The van der Waals surface area contributed by atoms with Crippen LogP contribution in [0.4, 0.5) is 15.8 Å². The fourth-order valence-electron chi connectivity index (χ4n) is 2.75. The number of fused-ring (bicyclic) bond motifs is 1. The van der Waals surface area contributed by atoms with E-state index in [2.05, 4.69) is 29.4 Å². The Bertz CT molecular complexity index is 1380. The molecule has 1 amide bonds. The topological polar surface area (TPSA) is 130 Å². The van der Waals surface area contributed by atoms with Crippen LogP contribution < -0.4 is 10.0 Å². The molecule has 0 radical (unpaired) electrons. The van der Waals surface area contributed by atoms with Gasteiger partial charge in [0.15, 0.2) is 11.4 Å². The van der Waals surface area contributed by atoms with Gasteiger partial charge in [-0.05, 0) is 38.1 Å². The molecule has 0 atom stereocenters. The molecule has 3 aromatic heterocycles. The van der Waals surface area contributed by atoms with Crippen molar-refractivity contribution in [2.24, 2.45) is 0 Å². The van der Waals surface area contributed by atoms with Crippen molar-refractivity contribution in [3.05, 3.63) is 60.4 Å². The van der Waals surface area contributed by atoms with Crippen LogP contribution in [0.1, 0.15) is 24.4 Å². The number of pyridine rings is 1. The molecule has 0 saturated heterocycles. The molecule has 0 fully saturated rings. The van der Waals surface area contributed by atoms with Crippen molar-refractivity contribution >= 4 is 38.5 Å². The number of anilines is 2. The Balaban J connectivity index is 1.58. The van der Waals surface area contributed by atoms with Gasteiger partial charge in [-0.25, -0.2) is 18.4 Å². The standard InChI is InChI=1S/C20H18FN5O4S/c1-11(2)31(28,29)26-14-9-15-19(22-10-14)25-18(24-15)12-4-3-5-13(8-12)23-20(27)16-6-7-17(21)30-16/h3-11,26H,1-2H3,(H,23,27)(H,22,24,25). The van der Waals surface area contributed by atoms with Gasteiger partial charge in [0.1, 0.15) is 5.82 Å². The molecule has 0 unspecified atom stereocenters. The van der Waals surface area contributed by atoms with Crippen LogP contribution in [0.15, 0.2) is 53.1 Å². The molecule has 4 rings (SSSR count). The number of aromatic nitrogens is 3. The van der Waals surface area contributed by atoms with Gasteiger partial charge in [-0.15, -0.1) is 0 Å². The third-order valence-corrected chi connectivity index (χ3v) is 6.17. The van der Waals surface area contributed by atoms with Crippen LogP contribution in [0.3, 0.4) is 0 Å². The van der Waals surface area contributed by atoms with E-state index >= 15 is 0 Å². The van der Waals surface area contributed by atoms with Crippen LogP contribution >= 0.6 is 0 Å². The molecule has 160 valence electrons. The first-order chi connectivity index (χ1) is 14.7. The molecule has 0 aliphatic heterocycles. The third kappa shape index (κ3) is 4.40. The summed E-state index contributed by atoms with van der Waals surface area (Å²) in [6, 6.07) is 9.91. The number of rotatable bonds is 6. The van der Waals surface area contributed by atoms with E-state index < -0.39 is 27.2 Å². The summed E-state index contributed by atoms with van der Waals surface area (Å²) < 4.78 is 44.3. The number of furan rings is 1. The Morgan fingerprint density at radius 1 is 1.16 bits per heavy atom. The molecule has 3 N–H and O–H groups in total. The Labute approximate surface area is 176 Å². The summed E-state index contributed by atoms with van der Waals surface area (Å²) in [5, 5.41) is 2.04. The zero-order valence-electron chi connectivity index (χ0n) is 16.5. The number of hydrogen-bond acceptors (Lipinski definition) is 6. The van der Waals surface area contributed by atoms with Gasteiger partial charge in [0.2, 0.25) is 10.0 Å². The summed E-state index contributed by atoms with van der Waals surface area (Å²) in [5.74, 6) is -0.256. The minimum absolute atomic E-state index is 0.146. The predicted molar refractivity (Wildman–Crippen MR) is 114 cm³/mol. The molecule has 9 nitrogen and oxygen atoms in total. The monoisotopic (exact) mass is 443 g/mol. The van der Waals surface area contributed by atoms with Crippen molar-refractivity contribution < 1.29 is 22.0 Å². The summed E-state index contributed by atoms with van der Waals surface area (Å²) in [4.78, 5) is 23.9. The summed E-state index contributed by atoms with van der Waals surface area (Å²) in [6.45, 7) is 3.16. The Morgan fingerprint density at radius 2 is 1.97 bits per heavy atom. The highest BCUT2D eigenvalue weighted by Crippen LogP contribution is 2.24. The SMILES string of the molecule is CC(C)S(=O)(=O)Nc1cnc2nc(-c3cccc(NC(=O)c4ccc(F)o4)c3)[nH]c2c1. The average Bonchev–Trinajstić information content (AvgIpc) is 3.33.